The molecule has 2 aromatic carbocycles. The van der Waals surface area contributed by atoms with Crippen molar-refractivity contribution in [2.75, 3.05) is 51.1 Å². The monoisotopic (exact) mass is 764 g/mol. The molecule has 10 atom stereocenters. The van der Waals surface area contributed by atoms with Gasteiger partial charge in [-0.25, -0.2) is 0 Å². The number of piperidine rings is 1. The summed E-state index contributed by atoms with van der Waals surface area (Å²) >= 11 is 0. The van der Waals surface area contributed by atoms with E-state index in [-0.39, 0.29) is 21.2 Å². The van der Waals surface area contributed by atoms with Crippen LogP contribution in [0.1, 0.15) is 95.5 Å². The predicted octanol–water partition coefficient (Wildman–Crippen LogP) is 10.0. The summed E-state index contributed by atoms with van der Waals surface area (Å²) in [6.07, 6.45) is 20.8. The Labute approximate surface area is 333 Å². The van der Waals surface area contributed by atoms with Gasteiger partial charge in [-0.3, -0.25) is 25.1 Å². The van der Waals surface area contributed by atoms with Gasteiger partial charge in [0.25, 0.3) is 11.4 Å². The molecule has 0 aromatic heterocycles. The molecule has 0 N–H and O–H groups in total. The van der Waals surface area contributed by atoms with Crippen LogP contribution in [0.15, 0.2) is 18.2 Å². The average molecular weight is 764 g/mol. The van der Waals surface area contributed by atoms with Crippen molar-refractivity contribution >= 4 is 33.5 Å². The summed E-state index contributed by atoms with van der Waals surface area (Å²) in [6, 6.07) is 4.94. The molecule has 302 valence electrons. The summed E-state index contributed by atoms with van der Waals surface area (Å²) in [4.78, 5) is 30.8. The largest absolute Gasteiger partial charge is 0.377 e. The third-order valence-corrected chi connectivity index (χ3v) is 19.3. The zero-order chi connectivity index (χ0) is 38.3. The van der Waals surface area contributed by atoms with E-state index in [0.29, 0.717) is 29.3 Å². The fourth-order valence-electron chi connectivity index (χ4n) is 18.2. The maximum atomic E-state index is 12.8. The minimum atomic E-state index is -0.355. The molecule has 0 spiro atoms. The summed E-state index contributed by atoms with van der Waals surface area (Å²) in [5.41, 5.74) is 2.14. The van der Waals surface area contributed by atoms with E-state index in [1.807, 2.05) is 38.0 Å². The van der Waals surface area contributed by atoms with Crippen LogP contribution in [0.3, 0.4) is 0 Å². The smallest absolute Gasteiger partial charge is 0.276 e. The number of non-ortho nitro benzene ring substituents is 1. The number of fused-ring (bicyclic) bond motifs is 5. The quantitative estimate of drug-likeness (QED) is 0.214. The molecule has 9 aliphatic rings. The molecule has 0 bridgehead atoms. The molecule has 1 heterocycles. The van der Waals surface area contributed by atoms with E-state index in [2.05, 4.69) is 4.90 Å². The molecule has 9 nitrogen and oxygen atoms in total. The second-order valence-electron chi connectivity index (χ2n) is 21.4. The molecular weight excluding hydrogens is 699 g/mol. The highest BCUT2D eigenvalue weighted by Crippen LogP contribution is 2.73. The number of nitro benzene ring substituents is 2. The van der Waals surface area contributed by atoms with Gasteiger partial charge in [0.1, 0.15) is 0 Å². The molecule has 56 heavy (non-hydrogen) atoms. The number of likely N-dealkylation sites (tertiary alicyclic amines) is 1. The van der Waals surface area contributed by atoms with Gasteiger partial charge >= 0.3 is 0 Å². The number of nitrogens with zero attached hydrogens (tertiary/aromatic N) is 5. The SMILES string of the molecule is CN(C)c1cc([N+](=O)[O-])cc2c(CN3CC4CCC5C6CCC7C8CCCC9CCCC(C%10CCC(C%11CCC(C3)C4C5%11)C6C7%10)C98)c([N+](=O)[O-])cc(N(C)C)c12. The number of rotatable bonds is 6. The molecule has 9 fully saturated rings. The van der Waals surface area contributed by atoms with E-state index in [1.54, 1.807) is 56.7 Å². The zero-order valence-electron chi connectivity index (χ0n) is 34.4. The minimum absolute atomic E-state index is 0.0172. The Balaban J connectivity index is 0.902. The van der Waals surface area contributed by atoms with Crippen LogP contribution in [-0.4, -0.2) is 56.0 Å². The van der Waals surface area contributed by atoms with Gasteiger partial charge in [0.2, 0.25) is 0 Å². The lowest BCUT2D eigenvalue weighted by Crippen LogP contribution is -2.66. The third kappa shape index (κ3) is 5.19. The summed E-state index contributed by atoms with van der Waals surface area (Å²) in [6.45, 7) is 2.46. The Morgan fingerprint density at radius 3 is 1.50 bits per heavy atom. The fraction of sp³-hybridized carbons (Fsp3) is 0.787. The van der Waals surface area contributed by atoms with E-state index < -0.39 is 0 Å². The van der Waals surface area contributed by atoms with Crippen molar-refractivity contribution in [3.8, 4) is 0 Å². The molecule has 1 saturated heterocycles. The van der Waals surface area contributed by atoms with E-state index in [0.717, 1.165) is 113 Å². The molecular formula is C47H65N5O4. The first kappa shape index (κ1) is 36.2. The van der Waals surface area contributed by atoms with E-state index in [9.17, 15) is 20.2 Å². The van der Waals surface area contributed by atoms with Gasteiger partial charge in [0, 0.05) is 76.8 Å². The van der Waals surface area contributed by atoms with Gasteiger partial charge in [-0.15, -0.1) is 0 Å². The molecule has 8 saturated carbocycles. The lowest BCUT2D eigenvalue weighted by atomic mass is 9.34. The lowest BCUT2D eigenvalue weighted by Gasteiger charge is -2.71. The normalized spacial score (nSPS) is 43.2. The standard InChI is InChI=1S/C47H65N5O4/c1-48(2)40-20-28(51(53)54)19-37-38(39(52(55)56)21-41(47(37)40)49(3)4)24-50-22-26-11-13-31-35-17-15-33-29-9-5-7-25-8-6-10-30(43(25)29)34-16-18-36(46(35)45(33)34)32-14-12-27(23-50)42(26)44(31)32/h19-21,25-27,29-36,42-46H,5-18,22-24H2,1-4H3. The number of hydrogen-bond donors (Lipinski definition) is 0. The van der Waals surface area contributed by atoms with E-state index >= 15 is 0 Å². The van der Waals surface area contributed by atoms with Crippen molar-refractivity contribution in [3.63, 3.8) is 0 Å². The van der Waals surface area contributed by atoms with E-state index in [1.165, 1.54) is 51.4 Å². The first-order valence-electron chi connectivity index (χ1n) is 23.1. The van der Waals surface area contributed by atoms with Gasteiger partial charge in [0.05, 0.1) is 26.8 Å². The van der Waals surface area contributed by atoms with Gasteiger partial charge < -0.3 is 9.80 Å². The highest BCUT2D eigenvalue weighted by atomic mass is 16.6. The average Bonchev–Trinajstić information content (AvgIpc) is 3.19. The topological polar surface area (TPSA) is 96.0 Å². The van der Waals surface area contributed by atoms with Crippen LogP contribution >= 0.6 is 0 Å². The van der Waals surface area contributed by atoms with Crippen LogP contribution in [0.5, 0.6) is 0 Å². The van der Waals surface area contributed by atoms with Crippen LogP contribution in [-0.2, 0) is 6.54 Å². The zero-order valence-corrected chi connectivity index (χ0v) is 34.4. The molecule has 1 aliphatic heterocycles. The van der Waals surface area contributed by atoms with Gasteiger partial charge in [0.15, 0.2) is 0 Å². The molecule has 8 aliphatic carbocycles. The van der Waals surface area contributed by atoms with Crippen LogP contribution < -0.4 is 9.80 Å². The van der Waals surface area contributed by atoms with E-state index in [4.69, 9.17) is 0 Å². The Kier molecular flexibility index (Phi) is 8.58. The number of nitro groups is 2. The highest BCUT2D eigenvalue weighted by molar-refractivity contribution is 6.08. The Morgan fingerprint density at radius 1 is 0.554 bits per heavy atom. The maximum absolute atomic E-state index is 12.8. The van der Waals surface area contributed by atoms with Crippen LogP contribution in [0.2, 0.25) is 0 Å². The van der Waals surface area contributed by atoms with Crippen molar-refractivity contribution in [2.45, 2.75) is 96.4 Å². The lowest BCUT2D eigenvalue weighted by molar-refractivity contribution is -0.385. The van der Waals surface area contributed by atoms with Gasteiger partial charge in [-0.1, -0.05) is 25.7 Å². The predicted molar refractivity (Wildman–Crippen MR) is 222 cm³/mol. The van der Waals surface area contributed by atoms with Crippen LogP contribution in [0.4, 0.5) is 22.7 Å². The summed E-state index contributed by atoms with van der Waals surface area (Å²) in [5.74, 6) is 15.2. The molecule has 0 radical (unpaired) electrons. The first-order valence-corrected chi connectivity index (χ1v) is 23.1. The first-order chi connectivity index (χ1) is 27.1. The van der Waals surface area contributed by atoms with Crippen molar-refractivity contribution < 1.29 is 9.85 Å². The van der Waals surface area contributed by atoms with Crippen LogP contribution in [0, 0.1) is 115 Å². The number of hydrogen-bond acceptors (Lipinski definition) is 7. The highest BCUT2D eigenvalue weighted by Gasteiger charge is 2.66. The Hall–Kier alpha value is -2.94. The second kappa shape index (κ2) is 13.3. The molecule has 11 rings (SSSR count). The van der Waals surface area contributed by atoms with Crippen molar-refractivity contribution in [1.29, 1.82) is 0 Å². The molecule has 2 aromatic rings. The minimum Gasteiger partial charge on any atom is -0.377 e. The van der Waals surface area contributed by atoms with Crippen molar-refractivity contribution in [1.82, 2.24) is 4.90 Å². The summed E-state index contributed by atoms with van der Waals surface area (Å²) < 4.78 is 0. The summed E-state index contributed by atoms with van der Waals surface area (Å²) in [5, 5.41) is 26.6. The van der Waals surface area contributed by atoms with Gasteiger partial charge in [-0.2, -0.15) is 0 Å². The third-order valence-electron chi connectivity index (χ3n) is 19.3. The molecule has 9 heteroatoms. The Bertz CT molecular complexity index is 1860. The maximum Gasteiger partial charge on any atom is 0.276 e. The van der Waals surface area contributed by atoms with Crippen LogP contribution in [0.25, 0.3) is 10.8 Å². The molecule has 10 unspecified atom stereocenters. The second-order valence-corrected chi connectivity index (χ2v) is 21.4. The fourth-order valence-corrected chi connectivity index (χ4v) is 18.2. The van der Waals surface area contributed by atoms with Gasteiger partial charge in [-0.05, 0) is 159 Å². The number of benzene rings is 2. The van der Waals surface area contributed by atoms with Crippen molar-refractivity contribution in [3.05, 3.63) is 44.0 Å². The Morgan fingerprint density at radius 2 is 1.02 bits per heavy atom. The number of anilines is 2. The molecule has 0 amide bonds. The van der Waals surface area contributed by atoms with Crippen molar-refractivity contribution in [2.24, 2.45) is 94.7 Å². The summed E-state index contributed by atoms with van der Waals surface area (Å²) in [7, 11) is 7.58.